The zero-order chi connectivity index (χ0) is 18.4. The van der Waals surface area contributed by atoms with Crippen molar-refractivity contribution in [2.75, 3.05) is 38.2 Å². The maximum atomic E-state index is 12.7. The lowest BCUT2D eigenvalue weighted by Gasteiger charge is -2.26. The molecule has 1 aliphatic rings. The van der Waals surface area contributed by atoms with Gasteiger partial charge >= 0.3 is 0 Å². The molecule has 0 unspecified atom stereocenters. The fraction of sp³-hybridized carbons (Fsp3) is 0.375. The monoisotopic (exact) mass is 412 g/mol. The van der Waals surface area contributed by atoms with Gasteiger partial charge in [-0.1, -0.05) is 41.3 Å². The molecule has 0 aliphatic carbocycles. The molecule has 10 heteroatoms. The van der Waals surface area contributed by atoms with Crippen LogP contribution in [-0.2, 0) is 20.5 Å². The highest BCUT2D eigenvalue weighted by Gasteiger charge is 2.26. The summed E-state index contributed by atoms with van der Waals surface area (Å²) in [5, 5.41) is 12.0. The van der Waals surface area contributed by atoms with Crippen molar-refractivity contribution in [1.82, 2.24) is 14.5 Å². The third-order valence-electron chi connectivity index (χ3n) is 3.67. The first-order valence-corrected chi connectivity index (χ1v) is 11.3. The van der Waals surface area contributed by atoms with Crippen LogP contribution in [0.15, 0.2) is 46.2 Å². The summed E-state index contributed by atoms with van der Waals surface area (Å²) in [5.41, 5.74) is 0.931. The molecule has 0 atom stereocenters. The highest BCUT2D eigenvalue weighted by atomic mass is 32.2. The van der Waals surface area contributed by atoms with E-state index in [9.17, 15) is 8.42 Å². The molecule has 1 aliphatic heterocycles. The molecule has 0 spiro atoms. The zero-order valence-corrected chi connectivity index (χ0v) is 16.6. The number of hydrogen-bond donors (Lipinski definition) is 1. The van der Waals surface area contributed by atoms with Gasteiger partial charge in [0, 0.05) is 25.4 Å². The van der Waals surface area contributed by atoms with Crippen molar-refractivity contribution in [2.24, 2.45) is 0 Å². The number of anilines is 1. The number of ether oxygens (including phenoxy) is 1. The van der Waals surface area contributed by atoms with Crippen molar-refractivity contribution in [1.29, 1.82) is 0 Å². The van der Waals surface area contributed by atoms with E-state index in [4.69, 9.17) is 4.74 Å². The lowest BCUT2D eigenvalue weighted by molar-refractivity contribution is 0.0730. The molecule has 26 heavy (non-hydrogen) atoms. The fourth-order valence-electron chi connectivity index (χ4n) is 2.38. The van der Waals surface area contributed by atoms with Gasteiger partial charge < -0.3 is 10.1 Å². The van der Waals surface area contributed by atoms with Gasteiger partial charge in [0.2, 0.25) is 15.2 Å². The van der Waals surface area contributed by atoms with Crippen molar-refractivity contribution in [3.05, 3.63) is 42.5 Å². The van der Waals surface area contributed by atoms with Crippen molar-refractivity contribution >= 4 is 38.3 Å². The molecular weight excluding hydrogens is 392 g/mol. The van der Waals surface area contributed by atoms with Crippen LogP contribution in [-0.4, -0.2) is 55.8 Å². The molecule has 0 radical (unpaired) electrons. The molecule has 1 fully saturated rings. The molecule has 1 saturated heterocycles. The van der Waals surface area contributed by atoms with E-state index in [-0.39, 0.29) is 0 Å². The Labute approximate surface area is 161 Å². The first kappa shape index (κ1) is 19.3. The molecule has 2 aromatic rings. The van der Waals surface area contributed by atoms with Crippen LogP contribution in [0.1, 0.15) is 5.56 Å². The van der Waals surface area contributed by atoms with Gasteiger partial charge in [-0.2, -0.15) is 4.31 Å². The smallest absolute Gasteiger partial charge is 0.243 e. The molecule has 3 rings (SSSR count). The van der Waals surface area contributed by atoms with Crippen LogP contribution >= 0.6 is 23.1 Å². The minimum atomic E-state index is -3.47. The van der Waals surface area contributed by atoms with Gasteiger partial charge in [0.25, 0.3) is 0 Å². The number of nitrogens with zero attached hydrogens (tertiary/aromatic N) is 3. The predicted octanol–water partition coefficient (Wildman–Crippen LogP) is 2.45. The quantitative estimate of drug-likeness (QED) is 0.527. The Hall–Kier alpha value is -1.46. The standard InChI is InChI=1S/C16H20N4O3S3/c1-2-6-17-15-18-19-16(25-15)24-12-13-4-3-5-14(11-13)26(21,22)20-7-9-23-10-8-20/h2-5,11H,1,6-10,12H2,(H,17,18). The summed E-state index contributed by atoms with van der Waals surface area (Å²) in [6.07, 6.45) is 1.76. The zero-order valence-electron chi connectivity index (χ0n) is 14.1. The van der Waals surface area contributed by atoms with E-state index in [0.29, 0.717) is 43.5 Å². The third-order valence-corrected chi connectivity index (χ3v) is 7.65. The van der Waals surface area contributed by atoms with Crippen LogP contribution in [0, 0.1) is 0 Å². The van der Waals surface area contributed by atoms with Gasteiger partial charge in [-0.05, 0) is 17.7 Å². The molecule has 7 nitrogen and oxygen atoms in total. The van der Waals surface area contributed by atoms with Gasteiger partial charge in [0.05, 0.1) is 18.1 Å². The average Bonchev–Trinajstić information content (AvgIpc) is 3.13. The van der Waals surface area contributed by atoms with Crippen LogP contribution in [0.2, 0.25) is 0 Å². The Balaban J connectivity index is 1.65. The normalized spacial score (nSPS) is 15.7. The molecule has 0 amide bonds. The minimum Gasteiger partial charge on any atom is -0.379 e. The fourth-order valence-corrected chi connectivity index (χ4v) is 5.56. The number of morpholine rings is 1. The number of benzene rings is 1. The first-order valence-electron chi connectivity index (χ1n) is 8.07. The molecule has 0 saturated carbocycles. The number of aromatic nitrogens is 2. The Kier molecular flexibility index (Phi) is 6.65. The summed E-state index contributed by atoms with van der Waals surface area (Å²) in [7, 11) is -3.47. The average molecular weight is 413 g/mol. The van der Waals surface area contributed by atoms with Crippen molar-refractivity contribution in [2.45, 2.75) is 15.0 Å². The van der Waals surface area contributed by atoms with Crippen LogP contribution in [0.3, 0.4) is 0 Å². The van der Waals surface area contributed by atoms with E-state index in [1.165, 1.54) is 27.4 Å². The van der Waals surface area contributed by atoms with Crippen LogP contribution < -0.4 is 5.32 Å². The van der Waals surface area contributed by atoms with E-state index < -0.39 is 10.0 Å². The Morgan fingerprint density at radius 1 is 1.35 bits per heavy atom. The van der Waals surface area contributed by atoms with Gasteiger partial charge in [0.1, 0.15) is 0 Å². The lowest BCUT2D eigenvalue weighted by atomic mass is 10.2. The van der Waals surface area contributed by atoms with Gasteiger partial charge in [-0.15, -0.1) is 16.8 Å². The highest BCUT2D eigenvalue weighted by molar-refractivity contribution is 8.00. The second-order valence-corrected chi connectivity index (χ2v) is 9.63. The predicted molar refractivity (Wildman–Crippen MR) is 104 cm³/mol. The van der Waals surface area contributed by atoms with E-state index in [1.54, 1.807) is 24.3 Å². The van der Waals surface area contributed by atoms with Crippen molar-refractivity contribution in [3.63, 3.8) is 0 Å². The Bertz CT molecular complexity index is 848. The van der Waals surface area contributed by atoms with Crippen LogP contribution in [0.25, 0.3) is 0 Å². The molecular formula is C16H20N4O3S3. The van der Waals surface area contributed by atoms with E-state index in [0.717, 1.165) is 15.0 Å². The highest BCUT2D eigenvalue weighted by Crippen LogP contribution is 2.29. The second kappa shape index (κ2) is 8.96. The summed E-state index contributed by atoms with van der Waals surface area (Å²) in [4.78, 5) is 0.322. The van der Waals surface area contributed by atoms with Crippen molar-refractivity contribution < 1.29 is 13.2 Å². The second-order valence-electron chi connectivity index (χ2n) is 5.50. The number of rotatable bonds is 8. The SMILES string of the molecule is C=CCNc1nnc(SCc2cccc(S(=O)(=O)N3CCOCC3)c2)s1. The molecule has 0 bridgehead atoms. The first-order chi connectivity index (χ1) is 12.6. The van der Waals surface area contributed by atoms with Crippen LogP contribution in [0.5, 0.6) is 0 Å². The van der Waals surface area contributed by atoms with E-state index in [1.807, 2.05) is 6.07 Å². The summed E-state index contributed by atoms with van der Waals surface area (Å²) >= 11 is 3.00. The van der Waals surface area contributed by atoms with E-state index >= 15 is 0 Å². The summed E-state index contributed by atoms with van der Waals surface area (Å²) in [5.74, 6) is 0.628. The van der Waals surface area contributed by atoms with Gasteiger partial charge in [-0.3, -0.25) is 0 Å². The van der Waals surface area contributed by atoms with Crippen molar-refractivity contribution in [3.8, 4) is 0 Å². The lowest BCUT2D eigenvalue weighted by Crippen LogP contribution is -2.40. The number of nitrogens with one attached hydrogen (secondary N) is 1. The number of sulfonamides is 1. The topological polar surface area (TPSA) is 84.4 Å². The van der Waals surface area contributed by atoms with Crippen LogP contribution in [0.4, 0.5) is 5.13 Å². The molecule has 1 aromatic heterocycles. The van der Waals surface area contributed by atoms with E-state index in [2.05, 4.69) is 22.1 Å². The third kappa shape index (κ3) is 4.83. The number of thioether (sulfide) groups is 1. The summed E-state index contributed by atoms with van der Waals surface area (Å²) in [6.45, 7) is 5.96. The Morgan fingerprint density at radius 2 is 2.15 bits per heavy atom. The van der Waals surface area contributed by atoms with Gasteiger partial charge in [-0.25, -0.2) is 8.42 Å². The molecule has 140 valence electrons. The number of hydrogen-bond acceptors (Lipinski definition) is 8. The molecule has 1 N–H and O–H groups in total. The minimum absolute atomic E-state index is 0.322. The maximum Gasteiger partial charge on any atom is 0.243 e. The molecule has 1 aromatic carbocycles. The summed E-state index contributed by atoms with van der Waals surface area (Å²) in [6, 6.07) is 7.07. The maximum absolute atomic E-state index is 12.7. The van der Waals surface area contributed by atoms with Gasteiger partial charge in [0.15, 0.2) is 4.34 Å². The summed E-state index contributed by atoms with van der Waals surface area (Å²) < 4.78 is 33.0. The largest absolute Gasteiger partial charge is 0.379 e. The Morgan fingerprint density at radius 3 is 2.92 bits per heavy atom. The molecule has 2 heterocycles.